The van der Waals surface area contributed by atoms with Crippen LogP contribution in [-0.4, -0.2) is 64.4 Å². The zero-order valence-corrected chi connectivity index (χ0v) is 22.1. The molecule has 12 nitrogen and oxygen atoms in total. The fourth-order valence-corrected chi connectivity index (χ4v) is 4.35. The van der Waals surface area contributed by atoms with Gasteiger partial charge in [0, 0.05) is 5.38 Å². The van der Waals surface area contributed by atoms with Gasteiger partial charge in [-0.25, -0.2) is 17.7 Å². The van der Waals surface area contributed by atoms with Gasteiger partial charge in [-0.15, -0.1) is 22.9 Å². The number of alkyl halides is 1. The van der Waals surface area contributed by atoms with Gasteiger partial charge in [-0.3, -0.25) is 19.2 Å². The number of aromatic nitrogens is 1. The van der Waals surface area contributed by atoms with Crippen molar-refractivity contribution in [2.75, 3.05) is 17.7 Å². The van der Waals surface area contributed by atoms with Gasteiger partial charge < -0.3 is 20.5 Å². The first kappa shape index (κ1) is 28.2. The Morgan fingerprint density at radius 2 is 1.91 bits per heavy atom. The Morgan fingerprint density at radius 1 is 1.24 bits per heavy atom. The second-order valence-electron chi connectivity index (χ2n) is 6.80. The van der Waals surface area contributed by atoms with E-state index in [1.54, 1.807) is 35.7 Å². The van der Waals surface area contributed by atoms with E-state index in [0.717, 1.165) is 11.3 Å². The molecule has 3 N–H and O–H groups in total. The third-order valence-electron chi connectivity index (χ3n) is 4.44. The van der Waals surface area contributed by atoms with Crippen LogP contribution in [0.1, 0.15) is 17.3 Å². The number of amides is 4. The van der Waals surface area contributed by atoms with Gasteiger partial charge in [0.2, 0.25) is 17.7 Å². The van der Waals surface area contributed by atoms with Gasteiger partial charge >= 0.3 is 29.6 Å². The van der Waals surface area contributed by atoms with Crippen LogP contribution < -0.4 is 45.5 Å². The van der Waals surface area contributed by atoms with Crippen LogP contribution in [0, 0.1) is 0 Å². The van der Waals surface area contributed by atoms with E-state index in [0.29, 0.717) is 11.3 Å². The molecule has 4 amide bonds. The third-order valence-corrected chi connectivity index (χ3v) is 6.36. The van der Waals surface area contributed by atoms with Crippen LogP contribution in [-0.2, 0) is 35.9 Å². The SMILES string of the molecule is O=C(CCl)Nc1nc(CC(=O)NC(C(=O)NC2CN(S(=O)(=O)[O-])C2=O)c2ccccc2)cs1.[Na+]. The molecule has 0 saturated carbocycles. The quantitative estimate of drug-likeness (QED) is 0.128. The van der Waals surface area contributed by atoms with Crippen LogP contribution >= 0.6 is 22.9 Å². The molecule has 1 aromatic heterocycles. The van der Waals surface area contributed by atoms with Gasteiger partial charge in [0.25, 0.3) is 5.91 Å². The normalized spacial score (nSPS) is 16.0. The fourth-order valence-electron chi connectivity index (χ4n) is 2.88. The van der Waals surface area contributed by atoms with Crippen molar-refractivity contribution in [2.24, 2.45) is 0 Å². The number of thiazole rings is 1. The number of β-lactam (4-membered cyclic amide) rings is 1. The summed E-state index contributed by atoms with van der Waals surface area (Å²) in [6.45, 7) is -0.485. The van der Waals surface area contributed by atoms with E-state index in [9.17, 15) is 32.1 Å². The van der Waals surface area contributed by atoms with Crippen LogP contribution in [0.25, 0.3) is 0 Å². The van der Waals surface area contributed by atoms with Crippen molar-refractivity contribution in [2.45, 2.75) is 18.5 Å². The van der Waals surface area contributed by atoms with Gasteiger partial charge in [0.1, 0.15) is 18.0 Å². The average molecular weight is 538 g/mol. The summed E-state index contributed by atoms with van der Waals surface area (Å²) in [5.74, 6) is -3.07. The van der Waals surface area contributed by atoms with Crippen LogP contribution in [0.15, 0.2) is 35.7 Å². The molecule has 2 aromatic rings. The molecule has 3 rings (SSSR count). The minimum Gasteiger partial charge on any atom is -0.731 e. The number of nitrogens with one attached hydrogen (secondary N) is 3. The molecular weight excluding hydrogens is 521 g/mol. The number of nitrogens with zero attached hydrogens (tertiary/aromatic N) is 2. The summed E-state index contributed by atoms with van der Waals surface area (Å²) in [6.07, 6.45) is -0.200. The minimum atomic E-state index is -4.94. The van der Waals surface area contributed by atoms with E-state index in [-0.39, 0.29) is 51.3 Å². The first-order chi connectivity index (χ1) is 15.6. The molecule has 1 aliphatic heterocycles. The second kappa shape index (κ2) is 12.1. The Balaban J connectivity index is 0.00000408. The van der Waals surface area contributed by atoms with Crippen LogP contribution in [0.5, 0.6) is 0 Å². The van der Waals surface area contributed by atoms with Crippen LogP contribution in [0.2, 0.25) is 0 Å². The fraction of sp³-hybridized carbons (Fsp3) is 0.278. The molecule has 0 bridgehead atoms. The van der Waals surface area contributed by atoms with Crippen LogP contribution in [0.4, 0.5) is 5.13 Å². The van der Waals surface area contributed by atoms with Gasteiger partial charge in [0.05, 0.1) is 18.7 Å². The Morgan fingerprint density at radius 3 is 2.50 bits per heavy atom. The van der Waals surface area contributed by atoms with E-state index in [1.165, 1.54) is 0 Å². The second-order valence-corrected chi connectivity index (χ2v) is 9.22. The van der Waals surface area contributed by atoms with Crippen molar-refractivity contribution in [1.82, 2.24) is 19.9 Å². The van der Waals surface area contributed by atoms with Gasteiger partial charge in [-0.2, -0.15) is 0 Å². The molecule has 34 heavy (non-hydrogen) atoms. The molecule has 1 saturated heterocycles. The van der Waals surface area contributed by atoms with E-state index < -0.39 is 52.6 Å². The van der Waals surface area contributed by atoms with Crippen molar-refractivity contribution in [3.8, 4) is 0 Å². The summed E-state index contributed by atoms with van der Waals surface area (Å²) in [4.78, 5) is 52.7. The van der Waals surface area contributed by atoms with Crippen molar-refractivity contribution < 1.29 is 61.7 Å². The van der Waals surface area contributed by atoms with Crippen LogP contribution in [0.3, 0.4) is 0 Å². The maximum atomic E-state index is 12.8. The zero-order chi connectivity index (χ0) is 24.2. The summed E-state index contributed by atoms with van der Waals surface area (Å²) in [7, 11) is -4.94. The summed E-state index contributed by atoms with van der Waals surface area (Å²) >= 11 is 6.52. The first-order valence-electron chi connectivity index (χ1n) is 9.30. The number of hydrogen-bond acceptors (Lipinski definition) is 9. The molecule has 2 unspecified atom stereocenters. The van der Waals surface area contributed by atoms with Gasteiger partial charge in [-0.1, -0.05) is 30.3 Å². The Hall–Kier alpha value is -2.07. The molecule has 1 aromatic carbocycles. The van der Waals surface area contributed by atoms with Gasteiger partial charge in [0.15, 0.2) is 15.4 Å². The van der Waals surface area contributed by atoms with E-state index in [1.807, 2.05) is 0 Å². The van der Waals surface area contributed by atoms with Crippen molar-refractivity contribution in [1.29, 1.82) is 0 Å². The molecular formula is C18H17ClN5NaO7S2. The third kappa shape index (κ3) is 7.21. The Kier molecular flexibility index (Phi) is 9.99. The topological polar surface area (TPSA) is 178 Å². The van der Waals surface area contributed by atoms with E-state index in [2.05, 4.69) is 20.9 Å². The summed E-state index contributed by atoms with van der Waals surface area (Å²) in [6, 6.07) is 5.78. The summed E-state index contributed by atoms with van der Waals surface area (Å²) in [5.41, 5.74) is 0.761. The number of hydrogen-bond donors (Lipinski definition) is 3. The van der Waals surface area contributed by atoms with Crippen molar-refractivity contribution in [3.05, 3.63) is 47.0 Å². The van der Waals surface area contributed by atoms with E-state index >= 15 is 0 Å². The number of rotatable bonds is 9. The standard InChI is InChI=1S/C18H18ClN5O7S2.Na/c19-7-14(26)23-18-20-11(9-32-18)6-13(25)22-15(10-4-2-1-3-5-10)16(27)21-12-8-24(17(12)28)33(29,30)31;/h1-5,9,12,15H,6-8H2,(H,21,27)(H,22,25)(H,20,23,26)(H,29,30,31);/q;+1/p-1. The van der Waals surface area contributed by atoms with E-state index in [4.69, 9.17) is 11.6 Å². The maximum absolute atomic E-state index is 12.8. The Labute approximate surface area is 225 Å². The van der Waals surface area contributed by atoms with Gasteiger partial charge in [-0.05, 0) is 5.56 Å². The largest absolute Gasteiger partial charge is 1.00 e. The summed E-state index contributed by atoms with van der Waals surface area (Å²) in [5, 5.41) is 9.19. The molecule has 16 heteroatoms. The zero-order valence-electron chi connectivity index (χ0n) is 17.7. The predicted octanol–water partition coefficient (Wildman–Crippen LogP) is -3.49. The number of carbonyl (C=O) groups excluding carboxylic acids is 4. The Bertz CT molecular complexity index is 1180. The monoisotopic (exact) mass is 537 g/mol. The van der Waals surface area contributed by atoms with Crippen molar-refractivity contribution in [3.63, 3.8) is 0 Å². The molecule has 0 radical (unpaired) electrons. The molecule has 1 aliphatic rings. The average Bonchev–Trinajstić information content (AvgIpc) is 3.20. The molecule has 2 heterocycles. The number of benzene rings is 1. The summed E-state index contributed by atoms with van der Waals surface area (Å²) < 4.78 is 33.0. The first-order valence-corrected chi connectivity index (χ1v) is 12.1. The number of halogens is 1. The predicted molar refractivity (Wildman–Crippen MR) is 116 cm³/mol. The number of carbonyl (C=O) groups is 4. The molecule has 176 valence electrons. The minimum absolute atomic E-state index is 0. The molecule has 2 atom stereocenters. The molecule has 1 fully saturated rings. The smallest absolute Gasteiger partial charge is 0.731 e. The number of anilines is 1. The molecule has 0 aliphatic carbocycles. The molecule has 0 spiro atoms. The van der Waals surface area contributed by atoms with Crippen molar-refractivity contribution >= 4 is 62.0 Å². The maximum Gasteiger partial charge on any atom is 1.00 e.